The number of hydrogen-bond donors (Lipinski definition) is 1. The monoisotopic (exact) mass is 402 g/mol. The lowest BCUT2D eigenvalue weighted by atomic mass is 10.1. The van der Waals surface area contributed by atoms with Gasteiger partial charge in [0.05, 0.1) is 5.52 Å². The number of carbonyl (C=O) groups excluding carboxylic acids is 1. The molecule has 154 valence electrons. The standard InChI is InChI=1S/C24H26N4O2/c1-5-17-11-9-10-15(3)22(17)26-24(30)19(6-2)28-20-13-8-7-12-18(20)23-25-21(29)14-16(4)27(23)28/h7-14,19H,5-6H2,1-4H3,(H,26,30). The Morgan fingerprint density at radius 3 is 2.60 bits per heavy atom. The number of fused-ring (bicyclic) bond motifs is 3. The third kappa shape index (κ3) is 3.18. The second-order valence-electron chi connectivity index (χ2n) is 7.61. The zero-order valence-electron chi connectivity index (χ0n) is 17.8. The van der Waals surface area contributed by atoms with E-state index in [-0.39, 0.29) is 11.5 Å². The number of rotatable bonds is 5. The van der Waals surface area contributed by atoms with Crippen LogP contribution in [0.4, 0.5) is 5.69 Å². The number of anilines is 1. The summed E-state index contributed by atoms with van der Waals surface area (Å²) in [7, 11) is 0. The molecule has 0 bridgehead atoms. The van der Waals surface area contributed by atoms with E-state index in [0.29, 0.717) is 12.1 Å². The van der Waals surface area contributed by atoms with Crippen molar-refractivity contribution in [2.45, 2.75) is 46.6 Å². The molecular weight excluding hydrogens is 376 g/mol. The topological polar surface area (TPSA) is 68.4 Å². The first-order valence-corrected chi connectivity index (χ1v) is 10.3. The van der Waals surface area contributed by atoms with E-state index < -0.39 is 6.04 Å². The molecule has 4 rings (SSSR count). The summed E-state index contributed by atoms with van der Waals surface area (Å²) in [5.74, 6) is -0.0812. The maximum Gasteiger partial charge on any atom is 0.273 e. The molecule has 0 saturated heterocycles. The number of para-hydroxylation sites is 2. The van der Waals surface area contributed by atoms with Gasteiger partial charge in [-0.3, -0.25) is 14.3 Å². The zero-order chi connectivity index (χ0) is 21.4. The highest BCUT2D eigenvalue weighted by molar-refractivity contribution is 5.98. The van der Waals surface area contributed by atoms with Crippen molar-refractivity contribution in [2.24, 2.45) is 0 Å². The van der Waals surface area contributed by atoms with Crippen molar-refractivity contribution in [2.75, 3.05) is 5.32 Å². The third-order valence-corrected chi connectivity index (χ3v) is 5.66. The molecule has 0 radical (unpaired) electrons. The van der Waals surface area contributed by atoms with Gasteiger partial charge in [0.2, 0.25) is 5.91 Å². The normalized spacial score (nSPS) is 12.4. The number of aryl methyl sites for hydroxylation is 3. The van der Waals surface area contributed by atoms with E-state index in [2.05, 4.69) is 17.2 Å². The molecule has 2 aromatic carbocycles. The highest BCUT2D eigenvalue weighted by Crippen LogP contribution is 2.28. The summed E-state index contributed by atoms with van der Waals surface area (Å²) in [6.07, 6.45) is 1.44. The van der Waals surface area contributed by atoms with Crippen LogP contribution in [0.25, 0.3) is 16.6 Å². The van der Waals surface area contributed by atoms with Crippen LogP contribution in [0.5, 0.6) is 0 Å². The van der Waals surface area contributed by atoms with Crippen LogP contribution >= 0.6 is 0 Å². The van der Waals surface area contributed by atoms with Gasteiger partial charge < -0.3 is 5.32 Å². The number of amides is 1. The first-order chi connectivity index (χ1) is 14.5. The third-order valence-electron chi connectivity index (χ3n) is 5.66. The maximum absolute atomic E-state index is 13.5. The average Bonchev–Trinajstić information content (AvgIpc) is 3.05. The van der Waals surface area contributed by atoms with Crippen molar-refractivity contribution in [3.63, 3.8) is 0 Å². The van der Waals surface area contributed by atoms with Crippen molar-refractivity contribution in [1.82, 2.24) is 14.2 Å². The number of benzene rings is 2. The molecule has 2 aromatic heterocycles. The van der Waals surface area contributed by atoms with Crippen LogP contribution in [0, 0.1) is 13.8 Å². The van der Waals surface area contributed by atoms with Crippen molar-refractivity contribution >= 4 is 28.1 Å². The number of nitrogens with zero attached hydrogens (tertiary/aromatic N) is 3. The minimum atomic E-state index is -0.459. The molecule has 1 atom stereocenters. The van der Waals surface area contributed by atoms with Gasteiger partial charge in [-0.25, -0.2) is 4.52 Å². The Hall–Kier alpha value is -3.41. The second-order valence-corrected chi connectivity index (χ2v) is 7.61. The van der Waals surface area contributed by atoms with Crippen molar-refractivity contribution in [3.8, 4) is 0 Å². The van der Waals surface area contributed by atoms with E-state index in [9.17, 15) is 9.59 Å². The molecule has 4 aromatic rings. The molecule has 1 amide bonds. The fourth-order valence-corrected chi connectivity index (χ4v) is 4.19. The molecular formula is C24H26N4O2. The molecule has 0 fully saturated rings. The molecule has 2 heterocycles. The highest BCUT2D eigenvalue weighted by Gasteiger charge is 2.25. The van der Waals surface area contributed by atoms with Gasteiger partial charge in [0.1, 0.15) is 6.04 Å². The number of carbonyl (C=O) groups is 1. The van der Waals surface area contributed by atoms with Gasteiger partial charge in [0.15, 0.2) is 5.65 Å². The summed E-state index contributed by atoms with van der Waals surface area (Å²) in [6, 6.07) is 14.9. The van der Waals surface area contributed by atoms with Gasteiger partial charge in [-0.1, -0.05) is 44.2 Å². The quantitative estimate of drug-likeness (QED) is 0.537. The lowest BCUT2D eigenvalue weighted by Crippen LogP contribution is -2.29. The second kappa shape index (κ2) is 7.78. The molecule has 30 heavy (non-hydrogen) atoms. The molecule has 0 aliphatic carbocycles. The molecule has 1 N–H and O–H groups in total. The Morgan fingerprint density at radius 1 is 1.10 bits per heavy atom. The molecule has 1 unspecified atom stereocenters. The Morgan fingerprint density at radius 2 is 1.87 bits per heavy atom. The van der Waals surface area contributed by atoms with Crippen LogP contribution < -0.4 is 10.9 Å². The maximum atomic E-state index is 13.5. The van der Waals surface area contributed by atoms with E-state index in [1.807, 2.05) is 72.4 Å². The summed E-state index contributed by atoms with van der Waals surface area (Å²) in [5.41, 5.74) is 4.96. The van der Waals surface area contributed by atoms with Gasteiger partial charge in [-0.2, -0.15) is 4.98 Å². The average molecular weight is 402 g/mol. The van der Waals surface area contributed by atoms with Gasteiger partial charge in [0.25, 0.3) is 5.56 Å². The molecule has 0 spiro atoms. The molecule has 0 aliphatic rings. The van der Waals surface area contributed by atoms with Gasteiger partial charge in [0, 0.05) is 22.8 Å². The molecule has 0 aliphatic heterocycles. The van der Waals surface area contributed by atoms with E-state index in [1.165, 1.54) is 6.07 Å². The van der Waals surface area contributed by atoms with Crippen LogP contribution in [-0.2, 0) is 11.2 Å². The molecule has 0 saturated carbocycles. The van der Waals surface area contributed by atoms with E-state index in [1.54, 1.807) is 0 Å². The van der Waals surface area contributed by atoms with Crippen molar-refractivity contribution in [3.05, 3.63) is 75.7 Å². The summed E-state index contributed by atoms with van der Waals surface area (Å²) < 4.78 is 3.85. The zero-order valence-corrected chi connectivity index (χ0v) is 17.8. The summed E-state index contributed by atoms with van der Waals surface area (Å²) in [4.78, 5) is 29.8. The summed E-state index contributed by atoms with van der Waals surface area (Å²) in [5, 5.41) is 4.03. The fraction of sp³-hybridized carbons (Fsp3) is 0.292. The lowest BCUT2D eigenvalue weighted by Gasteiger charge is -2.22. The minimum absolute atomic E-state index is 0.0812. The van der Waals surface area contributed by atoms with Gasteiger partial charge >= 0.3 is 0 Å². The Kier molecular flexibility index (Phi) is 5.16. The number of hydrogen-bond acceptors (Lipinski definition) is 3. The number of aromatic nitrogens is 3. The predicted octanol–water partition coefficient (Wildman–Crippen LogP) is 4.42. The van der Waals surface area contributed by atoms with Crippen molar-refractivity contribution in [1.29, 1.82) is 0 Å². The van der Waals surface area contributed by atoms with Crippen LogP contribution in [0.3, 0.4) is 0 Å². The Labute approximate surface area is 175 Å². The smallest absolute Gasteiger partial charge is 0.273 e. The molecule has 6 nitrogen and oxygen atoms in total. The van der Waals surface area contributed by atoms with Gasteiger partial charge in [-0.15, -0.1) is 0 Å². The molecule has 6 heteroatoms. The Balaban J connectivity index is 1.90. The van der Waals surface area contributed by atoms with Crippen molar-refractivity contribution < 1.29 is 4.79 Å². The van der Waals surface area contributed by atoms with Crippen LogP contribution in [0.15, 0.2) is 53.3 Å². The first kappa shape index (κ1) is 19.9. The lowest BCUT2D eigenvalue weighted by molar-refractivity contribution is -0.119. The number of nitrogens with one attached hydrogen (secondary N) is 1. The predicted molar refractivity (Wildman–Crippen MR) is 120 cm³/mol. The largest absolute Gasteiger partial charge is 0.324 e. The van der Waals surface area contributed by atoms with E-state index >= 15 is 0 Å². The summed E-state index contributed by atoms with van der Waals surface area (Å²) in [6.45, 7) is 7.95. The minimum Gasteiger partial charge on any atom is -0.324 e. The van der Waals surface area contributed by atoms with E-state index in [0.717, 1.165) is 39.8 Å². The fourth-order valence-electron chi connectivity index (χ4n) is 4.19. The van der Waals surface area contributed by atoms with Crippen LogP contribution in [0.2, 0.25) is 0 Å². The van der Waals surface area contributed by atoms with Crippen LogP contribution in [0.1, 0.15) is 43.1 Å². The first-order valence-electron chi connectivity index (χ1n) is 10.3. The van der Waals surface area contributed by atoms with E-state index in [4.69, 9.17) is 0 Å². The summed E-state index contributed by atoms with van der Waals surface area (Å²) >= 11 is 0. The highest BCUT2D eigenvalue weighted by atomic mass is 16.2. The Bertz CT molecular complexity index is 1320. The SMILES string of the molecule is CCc1cccc(C)c1NC(=O)C(CC)n1c2ccccc2c2nc(=O)cc(C)n21. The van der Waals surface area contributed by atoms with Crippen LogP contribution in [-0.4, -0.2) is 20.1 Å². The van der Waals surface area contributed by atoms with Gasteiger partial charge in [-0.05, 0) is 49.9 Å².